The van der Waals surface area contributed by atoms with Crippen LogP contribution in [-0.2, 0) is 7.05 Å². The first kappa shape index (κ1) is 13.4. The van der Waals surface area contributed by atoms with Crippen LogP contribution in [0.1, 0.15) is 11.1 Å². The molecule has 106 valence electrons. The average Bonchev–Trinajstić information content (AvgIpc) is 2.48. The Bertz CT molecular complexity index is 884. The van der Waals surface area contributed by atoms with Gasteiger partial charge in [-0.3, -0.25) is 4.79 Å². The number of aromatic nitrogens is 1. The van der Waals surface area contributed by atoms with Crippen molar-refractivity contribution >= 4 is 10.9 Å². The first-order valence-electron chi connectivity index (χ1n) is 6.88. The second-order valence-corrected chi connectivity index (χ2v) is 5.46. The van der Waals surface area contributed by atoms with E-state index in [4.69, 9.17) is 0 Å². The van der Waals surface area contributed by atoms with Gasteiger partial charge in [0, 0.05) is 24.2 Å². The third kappa shape index (κ3) is 2.11. The quantitative estimate of drug-likeness (QED) is 0.740. The van der Waals surface area contributed by atoms with Gasteiger partial charge >= 0.3 is 0 Å². The maximum atomic E-state index is 12.7. The Morgan fingerprint density at radius 1 is 1.05 bits per heavy atom. The number of hydrogen-bond donors (Lipinski definition) is 1. The van der Waals surface area contributed by atoms with Gasteiger partial charge in [0.1, 0.15) is 5.75 Å². The topological polar surface area (TPSA) is 42.2 Å². The van der Waals surface area contributed by atoms with Gasteiger partial charge in [0.2, 0.25) is 0 Å². The van der Waals surface area contributed by atoms with Gasteiger partial charge in [0.05, 0.1) is 5.52 Å². The average molecular weight is 279 g/mol. The van der Waals surface area contributed by atoms with E-state index in [1.165, 1.54) is 0 Å². The van der Waals surface area contributed by atoms with E-state index in [9.17, 15) is 9.90 Å². The van der Waals surface area contributed by atoms with Crippen molar-refractivity contribution in [3.05, 3.63) is 63.9 Å². The fraction of sp³-hybridized carbons (Fsp3) is 0.167. The van der Waals surface area contributed by atoms with Crippen LogP contribution in [0.2, 0.25) is 0 Å². The lowest BCUT2D eigenvalue weighted by molar-refractivity contribution is 0.467. The molecule has 2 aromatic carbocycles. The van der Waals surface area contributed by atoms with Crippen LogP contribution in [0.5, 0.6) is 5.75 Å². The number of phenols is 1. The van der Waals surface area contributed by atoms with Crippen molar-refractivity contribution in [3.63, 3.8) is 0 Å². The summed E-state index contributed by atoms with van der Waals surface area (Å²) >= 11 is 0. The predicted octanol–water partition coefficient (Wildman–Crippen LogP) is 3.53. The highest BCUT2D eigenvalue weighted by Gasteiger charge is 2.11. The molecule has 0 aliphatic rings. The van der Waals surface area contributed by atoms with E-state index < -0.39 is 0 Å². The summed E-state index contributed by atoms with van der Waals surface area (Å²) in [5.74, 6) is 0.288. The number of hydrogen-bond acceptors (Lipinski definition) is 2. The zero-order chi connectivity index (χ0) is 15.1. The third-order valence-corrected chi connectivity index (χ3v) is 3.90. The molecule has 1 N–H and O–H groups in total. The second kappa shape index (κ2) is 4.77. The van der Waals surface area contributed by atoms with Crippen molar-refractivity contribution in [1.29, 1.82) is 0 Å². The molecule has 0 aliphatic carbocycles. The number of nitrogens with zero attached hydrogens (tertiary/aromatic N) is 1. The summed E-state index contributed by atoms with van der Waals surface area (Å²) in [4.78, 5) is 12.7. The molecule has 3 heteroatoms. The number of benzene rings is 2. The van der Waals surface area contributed by atoms with Gasteiger partial charge in [-0.15, -0.1) is 0 Å². The number of aromatic hydroxyl groups is 1. The Kier molecular flexibility index (Phi) is 3.05. The summed E-state index contributed by atoms with van der Waals surface area (Å²) in [6.07, 6.45) is 1.86. The van der Waals surface area contributed by atoms with Gasteiger partial charge in [-0.1, -0.05) is 12.1 Å². The van der Waals surface area contributed by atoms with Crippen LogP contribution < -0.4 is 5.43 Å². The van der Waals surface area contributed by atoms with Crippen LogP contribution in [0.3, 0.4) is 0 Å². The molecule has 0 amide bonds. The van der Waals surface area contributed by atoms with Crippen LogP contribution in [0, 0.1) is 13.8 Å². The van der Waals surface area contributed by atoms with Gasteiger partial charge in [0.25, 0.3) is 0 Å². The van der Waals surface area contributed by atoms with E-state index in [-0.39, 0.29) is 11.2 Å². The fourth-order valence-corrected chi connectivity index (χ4v) is 2.76. The lowest BCUT2D eigenvalue weighted by atomic mass is 9.99. The van der Waals surface area contributed by atoms with Crippen molar-refractivity contribution in [3.8, 4) is 16.9 Å². The molecule has 3 rings (SSSR count). The van der Waals surface area contributed by atoms with E-state index in [2.05, 4.69) is 0 Å². The minimum absolute atomic E-state index is 0.0215. The smallest absolute Gasteiger partial charge is 0.197 e. The van der Waals surface area contributed by atoms with E-state index in [0.717, 1.165) is 22.2 Å². The monoisotopic (exact) mass is 279 g/mol. The van der Waals surface area contributed by atoms with E-state index >= 15 is 0 Å². The molecule has 0 aliphatic heterocycles. The van der Waals surface area contributed by atoms with E-state index in [1.807, 2.05) is 68.1 Å². The molecule has 0 radical (unpaired) electrons. The number of phenolic OH excluding ortho intramolecular Hbond substituents is 1. The summed E-state index contributed by atoms with van der Waals surface area (Å²) in [5, 5.41) is 10.6. The zero-order valence-corrected chi connectivity index (χ0v) is 12.3. The number of fused-ring (bicyclic) bond motifs is 1. The molecule has 0 bridgehead atoms. The summed E-state index contributed by atoms with van der Waals surface area (Å²) in [6, 6.07) is 11.3. The van der Waals surface area contributed by atoms with Crippen LogP contribution in [-0.4, -0.2) is 9.67 Å². The minimum Gasteiger partial charge on any atom is -0.507 e. The van der Waals surface area contributed by atoms with E-state index in [0.29, 0.717) is 10.9 Å². The molecule has 0 unspecified atom stereocenters. The maximum absolute atomic E-state index is 12.7. The number of para-hydroxylation sites is 1. The first-order valence-corrected chi connectivity index (χ1v) is 6.88. The van der Waals surface area contributed by atoms with Crippen molar-refractivity contribution in [1.82, 2.24) is 4.57 Å². The van der Waals surface area contributed by atoms with Crippen molar-refractivity contribution in [2.75, 3.05) is 0 Å². The van der Waals surface area contributed by atoms with Crippen molar-refractivity contribution < 1.29 is 5.11 Å². The van der Waals surface area contributed by atoms with Crippen LogP contribution in [0.15, 0.2) is 47.4 Å². The third-order valence-electron chi connectivity index (χ3n) is 3.90. The molecular formula is C18H17NO2. The van der Waals surface area contributed by atoms with Crippen LogP contribution >= 0.6 is 0 Å². The molecule has 0 saturated carbocycles. The summed E-state index contributed by atoms with van der Waals surface area (Å²) in [7, 11) is 1.94. The Balaban J connectivity index is 2.36. The summed E-state index contributed by atoms with van der Waals surface area (Å²) in [5.41, 5.74) is 3.99. The second-order valence-electron chi connectivity index (χ2n) is 5.46. The normalized spacial score (nSPS) is 11.0. The maximum Gasteiger partial charge on any atom is 0.197 e. The number of rotatable bonds is 1. The SMILES string of the molecule is Cc1cc(-c2cn(C)c3ccccc3c2=O)cc(C)c1O. The van der Waals surface area contributed by atoms with Gasteiger partial charge in [-0.2, -0.15) is 0 Å². The minimum atomic E-state index is 0.0215. The number of pyridine rings is 1. The largest absolute Gasteiger partial charge is 0.507 e. The molecule has 1 heterocycles. The molecule has 0 saturated heterocycles. The van der Waals surface area contributed by atoms with Gasteiger partial charge < -0.3 is 9.67 Å². The first-order chi connectivity index (χ1) is 9.99. The summed E-state index contributed by atoms with van der Waals surface area (Å²) < 4.78 is 1.96. The summed E-state index contributed by atoms with van der Waals surface area (Å²) in [6.45, 7) is 3.69. The number of aryl methyl sites for hydroxylation is 3. The van der Waals surface area contributed by atoms with Gasteiger partial charge in [0.15, 0.2) is 5.43 Å². The predicted molar refractivity (Wildman–Crippen MR) is 85.8 cm³/mol. The van der Waals surface area contributed by atoms with E-state index in [1.54, 1.807) is 0 Å². The van der Waals surface area contributed by atoms with Crippen molar-refractivity contribution in [2.45, 2.75) is 13.8 Å². The molecule has 21 heavy (non-hydrogen) atoms. The highest BCUT2D eigenvalue weighted by Crippen LogP contribution is 2.28. The lowest BCUT2D eigenvalue weighted by Crippen LogP contribution is -2.10. The Labute approximate surface area is 123 Å². The molecular weight excluding hydrogens is 262 g/mol. The Morgan fingerprint density at radius 2 is 1.67 bits per heavy atom. The Hall–Kier alpha value is -2.55. The highest BCUT2D eigenvalue weighted by molar-refractivity contribution is 5.84. The zero-order valence-electron chi connectivity index (χ0n) is 12.3. The Morgan fingerprint density at radius 3 is 2.33 bits per heavy atom. The standard InChI is InChI=1S/C18H17NO2/c1-11-8-13(9-12(2)17(11)20)15-10-19(3)16-7-5-4-6-14(16)18(15)21/h4-10,20H,1-3H3. The van der Waals surface area contributed by atoms with Gasteiger partial charge in [-0.05, 0) is 54.8 Å². The highest BCUT2D eigenvalue weighted by atomic mass is 16.3. The van der Waals surface area contributed by atoms with Gasteiger partial charge in [-0.25, -0.2) is 0 Å². The van der Waals surface area contributed by atoms with Crippen LogP contribution in [0.25, 0.3) is 22.0 Å². The molecule has 0 atom stereocenters. The molecule has 3 nitrogen and oxygen atoms in total. The fourth-order valence-electron chi connectivity index (χ4n) is 2.76. The molecule has 3 aromatic rings. The molecule has 0 spiro atoms. The van der Waals surface area contributed by atoms with Crippen molar-refractivity contribution in [2.24, 2.45) is 7.05 Å². The molecule has 0 fully saturated rings. The molecule has 1 aromatic heterocycles. The van der Waals surface area contributed by atoms with Crippen LogP contribution in [0.4, 0.5) is 0 Å². The lowest BCUT2D eigenvalue weighted by Gasteiger charge is -2.11.